The van der Waals surface area contributed by atoms with Gasteiger partial charge in [-0.15, -0.1) is 0 Å². The molecule has 1 unspecified atom stereocenters. The zero-order valence-electron chi connectivity index (χ0n) is 16.2. The van der Waals surface area contributed by atoms with Crippen molar-refractivity contribution in [2.75, 3.05) is 19.8 Å². The number of carbonyl (C=O) groups is 2. The number of hydrogen-bond donors (Lipinski definition) is 1. The van der Waals surface area contributed by atoms with Gasteiger partial charge in [0.05, 0.1) is 0 Å². The van der Waals surface area contributed by atoms with Crippen molar-refractivity contribution < 1.29 is 18.7 Å². The smallest absolute Gasteiger partial charge is 0.262 e. The van der Waals surface area contributed by atoms with E-state index in [4.69, 9.17) is 27.9 Å². The highest BCUT2D eigenvalue weighted by Gasteiger charge is 2.48. The number of nitrogens with zero attached hydrogens (tertiary/aromatic N) is 1. The number of alkyl halides is 1. The average Bonchev–Trinajstić information content (AvgIpc) is 2.75. The Morgan fingerprint density at radius 3 is 2.67 bits per heavy atom. The first-order valence-electron chi connectivity index (χ1n) is 9.85. The lowest BCUT2D eigenvalue weighted by atomic mass is 9.73. The first-order chi connectivity index (χ1) is 14.4. The molecular weight excluding hydrogens is 430 g/mol. The third-order valence-corrected chi connectivity index (χ3v) is 6.64. The summed E-state index contributed by atoms with van der Waals surface area (Å²) in [5.74, 6) is -1.01. The molecule has 1 aliphatic carbocycles. The molecule has 1 fully saturated rings. The van der Waals surface area contributed by atoms with Crippen LogP contribution < -0.4 is 5.32 Å². The molecule has 2 heterocycles. The van der Waals surface area contributed by atoms with Gasteiger partial charge in [-0.2, -0.15) is 0 Å². The summed E-state index contributed by atoms with van der Waals surface area (Å²) in [5, 5.41) is 3.83. The fraction of sp³-hybridized carbons (Fsp3) is 0.409. The van der Waals surface area contributed by atoms with Crippen LogP contribution in [0.3, 0.4) is 0 Å². The Labute approximate surface area is 183 Å². The number of aromatic nitrogens is 1. The lowest BCUT2D eigenvalue weighted by Gasteiger charge is -2.39. The van der Waals surface area contributed by atoms with Crippen LogP contribution in [0.1, 0.15) is 47.3 Å². The molecule has 0 spiro atoms. The van der Waals surface area contributed by atoms with E-state index < -0.39 is 17.0 Å². The van der Waals surface area contributed by atoms with Crippen LogP contribution in [0.15, 0.2) is 36.5 Å². The van der Waals surface area contributed by atoms with Gasteiger partial charge >= 0.3 is 0 Å². The quantitative estimate of drug-likeness (QED) is 0.749. The number of fused-ring (bicyclic) bond motifs is 1. The van der Waals surface area contributed by atoms with Crippen molar-refractivity contribution in [1.29, 1.82) is 0 Å². The molecule has 1 N–H and O–H groups in total. The van der Waals surface area contributed by atoms with Gasteiger partial charge in [-0.25, -0.2) is 4.39 Å². The normalized spacial score (nSPS) is 23.0. The molecule has 0 radical (unpaired) electrons. The molecule has 158 valence electrons. The number of benzene rings is 1. The zero-order chi connectivity index (χ0) is 21.4. The van der Waals surface area contributed by atoms with E-state index in [1.54, 1.807) is 12.1 Å². The molecule has 0 bridgehead atoms. The molecule has 8 heteroatoms. The Morgan fingerprint density at radius 1 is 1.17 bits per heavy atom. The number of hydrogen-bond acceptors (Lipinski definition) is 4. The highest BCUT2D eigenvalue weighted by molar-refractivity contribution is 6.35. The minimum Gasteiger partial charge on any atom is -0.381 e. The fourth-order valence-corrected chi connectivity index (χ4v) is 4.94. The molecule has 1 aromatic carbocycles. The summed E-state index contributed by atoms with van der Waals surface area (Å²) in [6.07, 6.45) is 2.43. The van der Waals surface area contributed by atoms with Crippen molar-refractivity contribution in [3.8, 4) is 0 Å². The number of ketones is 1. The van der Waals surface area contributed by atoms with E-state index in [0.717, 1.165) is 5.56 Å². The lowest BCUT2D eigenvalue weighted by Crippen LogP contribution is -2.50. The number of ether oxygens (including phenoxy) is 1. The number of halogens is 3. The van der Waals surface area contributed by atoms with E-state index >= 15 is 4.39 Å². The highest BCUT2D eigenvalue weighted by Crippen LogP contribution is 2.41. The van der Waals surface area contributed by atoms with Crippen molar-refractivity contribution in [3.05, 3.63) is 63.4 Å². The number of rotatable bonds is 4. The number of amides is 1. The van der Waals surface area contributed by atoms with Gasteiger partial charge in [0, 0.05) is 59.8 Å². The SMILES string of the molecule is O=C1CCC(F)(C(=O)NCC2(c3ccc(Cl)cc3Cl)CCOCC2)c2cccnc21. The van der Waals surface area contributed by atoms with Gasteiger partial charge < -0.3 is 10.1 Å². The molecule has 1 aliphatic heterocycles. The van der Waals surface area contributed by atoms with Crippen LogP contribution in [-0.4, -0.2) is 36.4 Å². The van der Waals surface area contributed by atoms with E-state index in [0.29, 0.717) is 36.1 Å². The molecule has 2 aromatic rings. The second-order valence-electron chi connectivity index (χ2n) is 7.82. The average molecular weight is 451 g/mol. The van der Waals surface area contributed by atoms with E-state index in [1.165, 1.54) is 18.3 Å². The van der Waals surface area contributed by atoms with Crippen molar-refractivity contribution in [3.63, 3.8) is 0 Å². The second kappa shape index (κ2) is 8.25. The Bertz CT molecular complexity index is 994. The van der Waals surface area contributed by atoms with Crippen molar-refractivity contribution in [2.45, 2.75) is 36.8 Å². The molecule has 5 nitrogen and oxygen atoms in total. The molecule has 0 saturated carbocycles. The molecule has 2 aliphatic rings. The Balaban J connectivity index is 1.61. The maximum Gasteiger partial charge on any atom is 0.262 e. The number of nitrogens with one attached hydrogen (secondary N) is 1. The third-order valence-electron chi connectivity index (χ3n) is 6.09. The van der Waals surface area contributed by atoms with Crippen molar-refractivity contribution in [1.82, 2.24) is 10.3 Å². The van der Waals surface area contributed by atoms with Gasteiger partial charge in [0.25, 0.3) is 5.91 Å². The van der Waals surface area contributed by atoms with E-state index in [2.05, 4.69) is 10.3 Å². The van der Waals surface area contributed by atoms with Crippen LogP contribution >= 0.6 is 23.2 Å². The molecule has 1 aromatic heterocycles. The number of Topliss-reactive ketones (excluding diaryl/α,β-unsaturated/α-hetero) is 1. The van der Waals surface area contributed by atoms with Gasteiger partial charge in [0.1, 0.15) is 5.69 Å². The third kappa shape index (κ3) is 3.72. The molecule has 1 amide bonds. The van der Waals surface area contributed by atoms with Crippen LogP contribution in [0.2, 0.25) is 10.0 Å². The van der Waals surface area contributed by atoms with Gasteiger partial charge in [0.2, 0.25) is 5.67 Å². The van der Waals surface area contributed by atoms with Gasteiger partial charge in [-0.3, -0.25) is 14.6 Å². The number of carbonyl (C=O) groups excluding carboxylic acids is 2. The van der Waals surface area contributed by atoms with Gasteiger partial charge in [-0.1, -0.05) is 35.3 Å². The predicted molar refractivity (Wildman–Crippen MR) is 112 cm³/mol. The molecule has 1 atom stereocenters. The van der Waals surface area contributed by atoms with Crippen molar-refractivity contribution >= 4 is 34.9 Å². The van der Waals surface area contributed by atoms with Crippen LogP contribution in [0, 0.1) is 0 Å². The van der Waals surface area contributed by atoms with E-state index in [1.807, 2.05) is 6.07 Å². The second-order valence-corrected chi connectivity index (χ2v) is 8.67. The van der Waals surface area contributed by atoms with Crippen LogP contribution in [0.4, 0.5) is 4.39 Å². The highest BCUT2D eigenvalue weighted by atomic mass is 35.5. The predicted octanol–water partition coefficient (Wildman–Crippen LogP) is 4.39. The fourth-order valence-electron chi connectivity index (χ4n) is 4.33. The summed E-state index contributed by atoms with van der Waals surface area (Å²) in [7, 11) is 0. The summed E-state index contributed by atoms with van der Waals surface area (Å²) >= 11 is 12.5. The van der Waals surface area contributed by atoms with Crippen LogP contribution in [0.25, 0.3) is 0 Å². The summed E-state index contributed by atoms with van der Waals surface area (Å²) in [5.41, 5.74) is -1.87. The Morgan fingerprint density at radius 2 is 1.93 bits per heavy atom. The topological polar surface area (TPSA) is 68.3 Å². The molecule has 4 rings (SSSR count). The zero-order valence-corrected chi connectivity index (χ0v) is 17.7. The first-order valence-corrected chi connectivity index (χ1v) is 10.6. The monoisotopic (exact) mass is 450 g/mol. The minimum atomic E-state index is -2.30. The lowest BCUT2D eigenvalue weighted by molar-refractivity contribution is -0.134. The van der Waals surface area contributed by atoms with E-state index in [9.17, 15) is 9.59 Å². The Hall–Kier alpha value is -2.02. The summed E-state index contributed by atoms with van der Waals surface area (Å²) < 4.78 is 21.4. The van der Waals surface area contributed by atoms with Crippen LogP contribution in [0.5, 0.6) is 0 Å². The Kier molecular flexibility index (Phi) is 5.84. The minimum absolute atomic E-state index is 0.0305. The standard InChI is InChI=1S/C22H21Cl2FN2O3/c23-14-3-4-15(17(24)12-14)21(7-10-30-11-8-21)13-27-20(29)22(25)6-5-18(28)19-16(22)2-1-9-26-19/h1-4,9,12H,5-8,10-11,13H2,(H,27,29). The summed E-state index contributed by atoms with van der Waals surface area (Å²) in [6, 6.07) is 8.27. The largest absolute Gasteiger partial charge is 0.381 e. The molecule has 30 heavy (non-hydrogen) atoms. The maximum atomic E-state index is 15.9. The molecular formula is C22H21Cl2FN2O3. The maximum absolute atomic E-state index is 15.9. The molecule has 1 saturated heterocycles. The summed E-state index contributed by atoms with van der Waals surface area (Å²) in [4.78, 5) is 29.1. The summed E-state index contributed by atoms with van der Waals surface area (Å²) in [6.45, 7) is 1.22. The van der Waals surface area contributed by atoms with E-state index in [-0.39, 0.29) is 36.4 Å². The van der Waals surface area contributed by atoms with Crippen LogP contribution in [-0.2, 0) is 20.6 Å². The van der Waals surface area contributed by atoms with Crippen molar-refractivity contribution in [2.24, 2.45) is 0 Å². The first kappa shape index (κ1) is 21.2. The van der Waals surface area contributed by atoms with Gasteiger partial charge in [-0.05, 0) is 36.6 Å². The van der Waals surface area contributed by atoms with Gasteiger partial charge in [0.15, 0.2) is 5.78 Å². The number of pyridine rings is 1.